The Bertz CT molecular complexity index is 188. The highest BCUT2D eigenvalue weighted by Gasteiger charge is 2.26. The summed E-state index contributed by atoms with van der Waals surface area (Å²) < 4.78 is 10.2. The van der Waals surface area contributed by atoms with Crippen LogP contribution in [-0.2, 0) is 14.3 Å². The summed E-state index contributed by atoms with van der Waals surface area (Å²) in [6, 6.07) is 0.193. The number of carbonyl (C=O) groups is 1. The third-order valence-corrected chi connectivity index (χ3v) is 2.20. The van der Waals surface area contributed by atoms with E-state index in [9.17, 15) is 4.79 Å². The average molecular weight is 186 g/mol. The van der Waals surface area contributed by atoms with Gasteiger partial charge in [-0.05, 0) is 0 Å². The fourth-order valence-electron chi connectivity index (χ4n) is 1.35. The second-order valence-electron chi connectivity index (χ2n) is 3.31. The van der Waals surface area contributed by atoms with E-state index >= 15 is 0 Å². The Morgan fingerprint density at radius 2 is 2.31 bits per heavy atom. The first-order valence-corrected chi connectivity index (χ1v) is 4.57. The second-order valence-corrected chi connectivity index (χ2v) is 3.31. The molecule has 0 aromatic heterocycles. The van der Waals surface area contributed by atoms with Gasteiger partial charge in [0.25, 0.3) is 5.91 Å². The van der Waals surface area contributed by atoms with Crippen LogP contribution >= 0.6 is 0 Å². The molecule has 0 saturated carbocycles. The third kappa shape index (κ3) is 2.18. The van der Waals surface area contributed by atoms with Gasteiger partial charge in [0.2, 0.25) is 0 Å². The lowest BCUT2D eigenvalue weighted by molar-refractivity contribution is -0.138. The van der Waals surface area contributed by atoms with E-state index in [-0.39, 0.29) is 18.1 Å². The Labute approximate surface area is 76.8 Å². The van der Waals surface area contributed by atoms with Crippen LogP contribution in [0.15, 0.2) is 0 Å². The van der Waals surface area contributed by atoms with E-state index in [1.165, 1.54) is 0 Å². The van der Waals surface area contributed by atoms with Gasteiger partial charge in [-0.3, -0.25) is 4.79 Å². The second kappa shape index (κ2) is 4.04. The Hall–Kier alpha value is -0.650. The van der Waals surface area contributed by atoms with Crippen LogP contribution in [0.1, 0.15) is 0 Å². The summed E-state index contributed by atoms with van der Waals surface area (Å²) in [4.78, 5) is 11.5. The SMILES string of the molecule is O=C(NC1COC1)C1CNCCO1. The van der Waals surface area contributed by atoms with Gasteiger partial charge in [-0.15, -0.1) is 0 Å². The minimum Gasteiger partial charge on any atom is -0.377 e. The van der Waals surface area contributed by atoms with E-state index in [2.05, 4.69) is 10.6 Å². The Morgan fingerprint density at radius 3 is 2.85 bits per heavy atom. The predicted molar refractivity (Wildman–Crippen MR) is 45.4 cm³/mol. The lowest BCUT2D eigenvalue weighted by atomic mass is 10.2. The summed E-state index contributed by atoms with van der Waals surface area (Å²) in [6.07, 6.45) is -0.325. The zero-order valence-corrected chi connectivity index (χ0v) is 7.41. The van der Waals surface area contributed by atoms with Crippen molar-refractivity contribution < 1.29 is 14.3 Å². The molecule has 2 rings (SSSR count). The summed E-state index contributed by atoms with van der Waals surface area (Å²) in [5, 5.41) is 5.97. The maximum Gasteiger partial charge on any atom is 0.250 e. The highest BCUT2D eigenvalue weighted by Crippen LogP contribution is 2.02. The number of amides is 1. The molecular formula is C8H14N2O3. The van der Waals surface area contributed by atoms with Crippen molar-refractivity contribution in [2.24, 2.45) is 0 Å². The maximum absolute atomic E-state index is 11.5. The smallest absolute Gasteiger partial charge is 0.250 e. The van der Waals surface area contributed by atoms with Crippen molar-refractivity contribution in [2.45, 2.75) is 12.1 Å². The molecule has 13 heavy (non-hydrogen) atoms. The lowest BCUT2D eigenvalue weighted by Gasteiger charge is -2.30. The minimum absolute atomic E-state index is 0.0273. The molecule has 2 heterocycles. The Kier molecular flexibility index (Phi) is 2.77. The molecule has 1 unspecified atom stereocenters. The Morgan fingerprint density at radius 1 is 1.46 bits per heavy atom. The average Bonchev–Trinajstić information content (AvgIpc) is 2.12. The highest BCUT2D eigenvalue weighted by molar-refractivity contribution is 5.81. The van der Waals surface area contributed by atoms with E-state index in [0.29, 0.717) is 26.4 Å². The van der Waals surface area contributed by atoms with Gasteiger partial charge in [0.05, 0.1) is 25.9 Å². The number of rotatable bonds is 2. The van der Waals surface area contributed by atoms with E-state index in [1.54, 1.807) is 0 Å². The van der Waals surface area contributed by atoms with Crippen molar-refractivity contribution in [2.75, 3.05) is 32.9 Å². The van der Waals surface area contributed by atoms with Gasteiger partial charge in [0, 0.05) is 13.1 Å². The van der Waals surface area contributed by atoms with E-state index in [1.807, 2.05) is 0 Å². The molecule has 0 aromatic rings. The summed E-state index contributed by atoms with van der Waals surface area (Å²) >= 11 is 0. The fraction of sp³-hybridized carbons (Fsp3) is 0.875. The third-order valence-electron chi connectivity index (χ3n) is 2.20. The molecule has 0 bridgehead atoms. The van der Waals surface area contributed by atoms with Crippen molar-refractivity contribution in [3.05, 3.63) is 0 Å². The number of hydrogen-bond acceptors (Lipinski definition) is 4. The molecule has 1 atom stereocenters. The zero-order valence-electron chi connectivity index (χ0n) is 7.41. The first-order chi connectivity index (χ1) is 6.36. The molecule has 0 aromatic carbocycles. The van der Waals surface area contributed by atoms with Crippen LogP contribution < -0.4 is 10.6 Å². The first kappa shape index (κ1) is 8.93. The predicted octanol–water partition coefficient (Wildman–Crippen LogP) is -1.51. The minimum atomic E-state index is -0.325. The number of ether oxygens (including phenoxy) is 2. The molecule has 2 saturated heterocycles. The molecule has 0 radical (unpaired) electrons. The van der Waals surface area contributed by atoms with Crippen LogP contribution in [-0.4, -0.2) is 51.0 Å². The number of nitrogens with one attached hydrogen (secondary N) is 2. The number of carbonyl (C=O) groups excluding carboxylic acids is 1. The van der Waals surface area contributed by atoms with Crippen molar-refractivity contribution in [1.82, 2.24) is 10.6 Å². The monoisotopic (exact) mass is 186 g/mol. The van der Waals surface area contributed by atoms with Crippen LogP contribution in [0.25, 0.3) is 0 Å². The number of morpholine rings is 1. The van der Waals surface area contributed by atoms with Crippen LogP contribution in [0.4, 0.5) is 0 Å². The summed E-state index contributed by atoms with van der Waals surface area (Å²) in [5.41, 5.74) is 0. The van der Waals surface area contributed by atoms with Crippen molar-refractivity contribution in [3.63, 3.8) is 0 Å². The molecule has 2 fully saturated rings. The van der Waals surface area contributed by atoms with Crippen LogP contribution in [0.5, 0.6) is 0 Å². The Balaban J connectivity index is 1.74. The van der Waals surface area contributed by atoms with E-state index in [4.69, 9.17) is 9.47 Å². The van der Waals surface area contributed by atoms with Gasteiger partial charge in [-0.1, -0.05) is 0 Å². The first-order valence-electron chi connectivity index (χ1n) is 4.57. The standard InChI is InChI=1S/C8H14N2O3/c11-8(10-6-4-12-5-6)7-3-9-1-2-13-7/h6-7,9H,1-5H2,(H,10,11). The zero-order chi connectivity index (χ0) is 9.10. The molecule has 5 nitrogen and oxygen atoms in total. The van der Waals surface area contributed by atoms with Gasteiger partial charge in [-0.2, -0.15) is 0 Å². The van der Waals surface area contributed by atoms with Gasteiger partial charge >= 0.3 is 0 Å². The molecule has 74 valence electrons. The van der Waals surface area contributed by atoms with Gasteiger partial charge in [-0.25, -0.2) is 0 Å². The molecule has 5 heteroatoms. The molecule has 1 amide bonds. The molecule has 2 N–H and O–H groups in total. The lowest BCUT2D eigenvalue weighted by Crippen LogP contribution is -2.55. The summed E-state index contributed by atoms with van der Waals surface area (Å²) in [5.74, 6) is -0.0273. The molecule has 2 aliphatic rings. The van der Waals surface area contributed by atoms with Crippen molar-refractivity contribution in [3.8, 4) is 0 Å². The van der Waals surface area contributed by atoms with Crippen molar-refractivity contribution in [1.29, 1.82) is 0 Å². The quantitative estimate of drug-likeness (QED) is 0.550. The van der Waals surface area contributed by atoms with Gasteiger partial charge in [0.15, 0.2) is 0 Å². The van der Waals surface area contributed by atoms with Crippen molar-refractivity contribution >= 4 is 5.91 Å². The fourth-order valence-corrected chi connectivity index (χ4v) is 1.35. The summed E-state index contributed by atoms with van der Waals surface area (Å²) in [6.45, 7) is 3.31. The van der Waals surface area contributed by atoms with Gasteiger partial charge in [0.1, 0.15) is 6.10 Å². The number of hydrogen-bond donors (Lipinski definition) is 2. The highest BCUT2D eigenvalue weighted by atomic mass is 16.5. The van der Waals surface area contributed by atoms with E-state index in [0.717, 1.165) is 6.54 Å². The molecule has 2 aliphatic heterocycles. The largest absolute Gasteiger partial charge is 0.377 e. The van der Waals surface area contributed by atoms with Crippen LogP contribution in [0.3, 0.4) is 0 Å². The summed E-state index contributed by atoms with van der Waals surface area (Å²) in [7, 11) is 0. The topological polar surface area (TPSA) is 59.6 Å². The molecule has 0 aliphatic carbocycles. The van der Waals surface area contributed by atoms with E-state index < -0.39 is 0 Å². The normalized spacial score (nSPS) is 29.4. The molecule has 0 spiro atoms. The maximum atomic E-state index is 11.5. The van der Waals surface area contributed by atoms with Gasteiger partial charge < -0.3 is 20.1 Å². The molecular weight excluding hydrogens is 172 g/mol. The van der Waals surface area contributed by atoms with Crippen LogP contribution in [0, 0.1) is 0 Å². The van der Waals surface area contributed by atoms with Crippen LogP contribution in [0.2, 0.25) is 0 Å².